The Morgan fingerprint density at radius 3 is 1.89 bits per heavy atom. The summed E-state index contributed by atoms with van der Waals surface area (Å²) in [5.41, 5.74) is -0.0380. The van der Waals surface area contributed by atoms with Crippen LogP contribution in [-0.2, 0) is 0 Å². The Hall–Kier alpha value is -0.120. The van der Waals surface area contributed by atoms with Gasteiger partial charge in [0.2, 0.25) is 0 Å². The molecule has 0 atom stereocenters. The molecule has 0 saturated carbocycles. The van der Waals surface area contributed by atoms with E-state index in [1.54, 1.807) is 0 Å². The maximum Gasteiger partial charge on any atom is 0.164 e. The molecule has 0 aromatic heterocycles. The van der Waals surface area contributed by atoms with Crippen molar-refractivity contribution in [3.8, 4) is 0 Å². The second-order valence-corrected chi connectivity index (χ2v) is 3.11. The average Bonchev–Trinajstić information content (AvgIpc) is 1.59. The normalized spacial score (nSPS) is 12.7. The average molecular weight is 133 g/mol. The van der Waals surface area contributed by atoms with Gasteiger partial charge in [-0.25, -0.2) is 0 Å². The molecule has 0 amide bonds. The number of hydrogen-bond acceptors (Lipinski definition) is 3. The first-order valence-corrected chi connectivity index (χ1v) is 3.03. The molecule has 0 radical (unpaired) electrons. The van der Waals surface area contributed by atoms with Crippen LogP contribution in [0.1, 0.15) is 20.8 Å². The van der Waals surface area contributed by atoms with E-state index in [0.29, 0.717) is 0 Å². The Labute approximate surface area is 55.7 Å². The van der Waals surface area contributed by atoms with Gasteiger partial charge in [-0.15, -0.1) is 0 Å². The smallest absolute Gasteiger partial charge is 0.164 e. The fourth-order valence-electron chi connectivity index (χ4n) is 0.397. The molecule has 3 nitrogen and oxygen atoms in total. The molecule has 56 valence electrons. The zero-order chi connectivity index (χ0) is 7.49. The highest BCUT2D eigenvalue weighted by atomic mass is 16.5. The quantitative estimate of drug-likeness (QED) is 0.453. The molecule has 3 heteroatoms. The minimum Gasteiger partial charge on any atom is -0.367 e. The van der Waals surface area contributed by atoms with Crippen molar-refractivity contribution in [2.75, 3.05) is 6.54 Å². The van der Waals surface area contributed by atoms with E-state index in [4.69, 9.17) is 10.2 Å². The highest BCUT2D eigenvalue weighted by molar-refractivity contribution is 4.69. The van der Waals surface area contributed by atoms with Crippen molar-refractivity contribution in [2.45, 2.75) is 32.6 Å². The Morgan fingerprint density at radius 1 is 1.33 bits per heavy atom. The van der Waals surface area contributed by atoms with E-state index in [-0.39, 0.29) is 12.1 Å². The van der Waals surface area contributed by atoms with Gasteiger partial charge in [-0.2, -0.15) is 0 Å². The molecule has 0 bridgehead atoms. The van der Waals surface area contributed by atoms with Gasteiger partial charge < -0.3 is 15.5 Å². The van der Waals surface area contributed by atoms with E-state index >= 15 is 0 Å². The molecule has 0 fully saturated rings. The molecular weight excluding hydrogens is 118 g/mol. The van der Waals surface area contributed by atoms with Gasteiger partial charge in [0.05, 0.1) is 0 Å². The summed E-state index contributed by atoms with van der Waals surface area (Å²) >= 11 is 0. The summed E-state index contributed by atoms with van der Waals surface area (Å²) in [6, 6.07) is 0. The van der Waals surface area contributed by atoms with Crippen LogP contribution in [0, 0.1) is 0 Å². The van der Waals surface area contributed by atoms with Gasteiger partial charge >= 0.3 is 0 Å². The Bertz CT molecular complexity index is 75.6. The number of aliphatic hydroxyl groups excluding tert-OH is 1. The lowest BCUT2D eigenvalue weighted by Gasteiger charge is -2.20. The lowest BCUT2D eigenvalue weighted by molar-refractivity contribution is -0.0407. The summed E-state index contributed by atoms with van der Waals surface area (Å²) < 4.78 is 0. The molecule has 9 heavy (non-hydrogen) atoms. The van der Waals surface area contributed by atoms with E-state index in [9.17, 15) is 0 Å². The summed E-state index contributed by atoms with van der Waals surface area (Å²) in [6.07, 6.45) is -1.25. The molecule has 0 aromatic rings. The van der Waals surface area contributed by atoms with E-state index in [0.717, 1.165) is 0 Å². The van der Waals surface area contributed by atoms with Crippen molar-refractivity contribution in [3.63, 3.8) is 0 Å². The lowest BCUT2D eigenvalue weighted by Crippen LogP contribution is -2.40. The molecule has 0 spiro atoms. The number of rotatable bonds is 2. The van der Waals surface area contributed by atoms with E-state index in [2.05, 4.69) is 5.32 Å². The Morgan fingerprint density at radius 2 is 1.78 bits per heavy atom. The summed E-state index contributed by atoms with van der Waals surface area (Å²) in [5, 5.41) is 19.7. The Balaban J connectivity index is 3.28. The van der Waals surface area contributed by atoms with Crippen molar-refractivity contribution in [3.05, 3.63) is 0 Å². The van der Waals surface area contributed by atoms with E-state index in [1.807, 2.05) is 20.8 Å². The number of nitrogens with one attached hydrogen (secondary N) is 1. The molecule has 0 aromatic carbocycles. The summed E-state index contributed by atoms with van der Waals surface area (Å²) in [4.78, 5) is 0. The van der Waals surface area contributed by atoms with E-state index in [1.165, 1.54) is 0 Å². The monoisotopic (exact) mass is 133 g/mol. The van der Waals surface area contributed by atoms with Crippen LogP contribution in [0.25, 0.3) is 0 Å². The fraction of sp³-hybridized carbons (Fsp3) is 1.00. The SMILES string of the molecule is CC(C)(C)NCC(O)O. The summed E-state index contributed by atoms with van der Waals surface area (Å²) in [6.45, 7) is 6.13. The predicted molar refractivity (Wildman–Crippen MR) is 36.0 cm³/mol. The maximum absolute atomic E-state index is 8.41. The van der Waals surface area contributed by atoms with Gasteiger partial charge in [-0.1, -0.05) is 0 Å². The summed E-state index contributed by atoms with van der Waals surface area (Å²) in [7, 11) is 0. The molecular formula is C6H15NO2. The second kappa shape index (κ2) is 3.15. The van der Waals surface area contributed by atoms with Crippen LogP contribution in [0.2, 0.25) is 0 Å². The van der Waals surface area contributed by atoms with Crippen molar-refractivity contribution in [1.29, 1.82) is 0 Å². The molecule has 0 rings (SSSR count). The van der Waals surface area contributed by atoms with Crippen LogP contribution in [0.15, 0.2) is 0 Å². The lowest BCUT2D eigenvalue weighted by atomic mass is 10.1. The first-order chi connectivity index (χ1) is 3.92. The standard InChI is InChI=1S/C6H15NO2/c1-6(2,3)7-4-5(8)9/h5,7-9H,4H2,1-3H3. The van der Waals surface area contributed by atoms with Crippen LogP contribution < -0.4 is 5.32 Å². The first-order valence-electron chi connectivity index (χ1n) is 3.03. The highest BCUT2D eigenvalue weighted by Crippen LogP contribution is 1.96. The van der Waals surface area contributed by atoms with Crippen molar-refractivity contribution >= 4 is 0 Å². The number of aliphatic hydroxyl groups is 2. The summed E-state index contributed by atoms with van der Waals surface area (Å²) in [5.74, 6) is 0. The number of hydrogen-bond donors (Lipinski definition) is 3. The third kappa shape index (κ3) is 7.88. The predicted octanol–water partition coefficient (Wildman–Crippen LogP) is -0.315. The van der Waals surface area contributed by atoms with E-state index < -0.39 is 6.29 Å². The van der Waals surface area contributed by atoms with Crippen LogP contribution >= 0.6 is 0 Å². The van der Waals surface area contributed by atoms with Gasteiger partial charge in [-0.05, 0) is 20.8 Å². The van der Waals surface area contributed by atoms with Crippen LogP contribution in [-0.4, -0.2) is 28.6 Å². The second-order valence-electron chi connectivity index (χ2n) is 3.11. The molecule has 3 N–H and O–H groups in total. The maximum atomic E-state index is 8.41. The molecule has 0 saturated heterocycles. The Kier molecular flexibility index (Phi) is 3.11. The van der Waals surface area contributed by atoms with Gasteiger partial charge in [0.1, 0.15) is 0 Å². The largest absolute Gasteiger partial charge is 0.367 e. The van der Waals surface area contributed by atoms with Gasteiger partial charge in [-0.3, -0.25) is 0 Å². The zero-order valence-corrected chi connectivity index (χ0v) is 6.18. The van der Waals surface area contributed by atoms with Gasteiger partial charge in [0.25, 0.3) is 0 Å². The van der Waals surface area contributed by atoms with Crippen molar-refractivity contribution < 1.29 is 10.2 Å². The van der Waals surface area contributed by atoms with Crippen LogP contribution in [0.3, 0.4) is 0 Å². The molecule has 0 aliphatic heterocycles. The first kappa shape index (κ1) is 8.88. The van der Waals surface area contributed by atoms with Crippen LogP contribution in [0.5, 0.6) is 0 Å². The molecule has 0 unspecified atom stereocenters. The van der Waals surface area contributed by atoms with Crippen LogP contribution in [0.4, 0.5) is 0 Å². The topological polar surface area (TPSA) is 52.5 Å². The molecule has 0 aliphatic carbocycles. The van der Waals surface area contributed by atoms with Gasteiger partial charge in [0, 0.05) is 12.1 Å². The highest BCUT2D eigenvalue weighted by Gasteiger charge is 2.09. The fourth-order valence-corrected chi connectivity index (χ4v) is 0.397. The number of β-amino-alcohol motifs (C(OH)–C–C–N with tert-alkyl or cyclic N) is 2. The zero-order valence-electron chi connectivity index (χ0n) is 6.18. The van der Waals surface area contributed by atoms with Crippen molar-refractivity contribution in [1.82, 2.24) is 5.32 Å². The molecule has 0 aliphatic rings. The third-order valence-electron chi connectivity index (χ3n) is 0.815. The van der Waals surface area contributed by atoms with Crippen molar-refractivity contribution in [2.24, 2.45) is 0 Å². The minimum atomic E-state index is -1.25. The third-order valence-corrected chi connectivity index (χ3v) is 0.815. The minimum absolute atomic E-state index is 0.0380. The molecule has 0 heterocycles. The van der Waals surface area contributed by atoms with Gasteiger partial charge in [0.15, 0.2) is 6.29 Å².